The molecule has 0 aromatic carbocycles. The molecule has 0 radical (unpaired) electrons. The van der Waals surface area contributed by atoms with Gasteiger partial charge >= 0.3 is 6.09 Å². The molecule has 1 saturated heterocycles. The third-order valence-electron chi connectivity index (χ3n) is 2.40. The van der Waals surface area contributed by atoms with Gasteiger partial charge in [-0.3, -0.25) is 5.41 Å². The van der Waals surface area contributed by atoms with Crippen molar-refractivity contribution in [3.05, 3.63) is 0 Å². The van der Waals surface area contributed by atoms with Crippen LogP contribution in [0, 0.1) is 5.41 Å². The number of ether oxygens (including phenoxy) is 2. The summed E-state index contributed by atoms with van der Waals surface area (Å²) in [5.41, 5.74) is 4.27. The summed E-state index contributed by atoms with van der Waals surface area (Å²) in [5, 5.41) is 10.1. The van der Waals surface area contributed by atoms with Gasteiger partial charge in [-0.15, -0.1) is 0 Å². The quantitative estimate of drug-likeness (QED) is 0.508. The van der Waals surface area contributed by atoms with Gasteiger partial charge in [-0.1, -0.05) is 0 Å². The van der Waals surface area contributed by atoms with Crippen molar-refractivity contribution in [3.63, 3.8) is 0 Å². The van der Waals surface area contributed by atoms with E-state index >= 15 is 0 Å². The highest BCUT2D eigenvalue weighted by molar-refractivity contribution is 5.79. The number of hydrogen-bond acceptors (Lipinski definition) is 4. The Bertz CT molecular complexity index is 304. The zero-order valence-corrected chi connectivity index (χ0v) is 10.6. The van der Waals surface area contributed by atoms with Gasteiger partial charge in [0.25, 0.3) is 0 Å². The van der Waals surface area contributed by atoms with E-state index in [-0.39, 0.29) is 12.3 Å². The molecule has 17 heavy (non-hydrogen) atoms. The number of nitrogens with one attached hydrogen (secondary N) is 2. The zero-order valence-electron chi connectivity index (χ0n) is 10.6. The van der Waals surface area contributed by atoms with E-state index in [1.165, 1.54) is 0 Å². The van der Waals surface area contributed by atoms with Crippen molar-refractivity contribution in [2.24, 2.45) is 5.73 Å². The molecule has 1 fully saturated rings. The van der Waals surface area contributed by atoms with Crippen molar-refractivity contribution < 1.29 is 14.3 Å². The fourth-order valence-electron chi connectivity index (χ4n) is 1.77. The molecule has 4 N–H and O–H groups in total. The number of carbonyl (C=O) groups excluding carboxylic acids is 1. The van der Waals surface area contributed by atoms with Crippen molar-refractivity contribution >= 4 is 11.9 Å². The van der Waals surface area contributed by atoms with E-state index in [1.54, 1.807) is 20.8 Å². The van der Waals surface area contributed by atoms with E-state index in [4.69, 9.17) is 20.6 Å². The van der Waals surface area contributed by atoms with E-state index < -0.39 is 17.2 Å². The predicted molar refractivity (Wildman–Crippen MR) is 64.1 cm³/mol. The summed E-state index contributed by atoms with van der Waals surface area (Å²) in [6.45, 7) is 6.33. The van der Waals surface area contributed by atoms with Gasteiger partial charge in [0.1, 0.15) is 5.60 Å². The van der Waals surface area contributed by atoms with Crippen LogP contribution < -0.4 is 11.1 Å². The van der Waals surface area contributed by atoms with Gasteiger partial charge in [0.2, 0.25) is 0 Å². The van der Waals surface area contributed by atoms with E-state index in [9.17, 15) is 4.79 Å². The smallest absolute Gasteiger partial charge is 0.408 e. The van der Waals surface area contributed by atoms with Gasteiger partial charge in [-0.2, -0.15) is 0 Å². The summed E-state index contributed by atoms with van der Waals surface area (Å²) in [6.07, 6.45) is 0.433. The molecule has 0 aromatic heterocycles. The first-order valence-corrected chi connectivity index (χ1v) is 5.64. The molecule has 1 rings (SSSR count). The normalized spacial score (nSPS) is 24.4. The van der Waals surface area contributed by atoms with Crippen molar-refractivity contribution in [1.29, 1.82) is 5.41 Å². The number of amidine groups is 1. The van der Waals surface area contributed by atoms with E-state index in [1.807, 2.05) is 0 Å². The van der Waals surface area contributed by atoms with Crippen LogP contribution in [-0.4, -0.2) is 36.3 Å². The zero-order chi connectivity index (χ0) is 13.1. The molecule has 1 amide bonds. The standard InChI is InChI=1S/C11H21N3O3/c1-10(2,3)17-9(15)14-11(6-8(12)13)4-5-16-7-11/h4-7H2,1-3H3,(H3,12,13)(H,14,15). The van der Waals surface area contributed by atoms with Gasteiger partial charge in [0.05, 0.1) is 18.0 Å². The number of rotatable bonds is 3. The predicted octanol–water partition coefficient (Wildman–Crippen LogP) is 0.996. The highest BCUT2D eigenvalue weighted by atomic mass is 16.6. The Kier molecular flexibility index (Phi) is 3.98. The molecule has 0 spiro atoms. The molecule has 1 aliphatic rings. The molecule has 1 atom stereocenters. The molecular formula is C11H21N3O3. The van der Waals surface area contributed by atoms with Crippen molar-refractivity contribution in [2.45, 2.75) is 44.8 Å². The van der Waals surface area contributed by atoms with Crippen LogP contribution in [0.4, 0.5) is 4.79 Å². The lowest BCUT2D eigenvalue weighted by Gasteiger charge is -2.30. The Labute approximate surface area is 101 Å². The minimum atomic E-state index is -0.589. The average Bonchev–Trinajstić information content (AvgIpc) is 2.47. The number of nitrogens with two attached hydrogens (primary N) is 1. The second kappa shape index (κ2) is 4.91. The SMILES string of the molecule is CC(C)(C)OC(=O)NC1(CC(=N)N)CCOC1. The lowest BCUT2D eigenvalue weighted by atomic mass is 9.94. The molecule has 1 aliphatic heterocycles. The van der Waals surface area contributed by atoms with Crippen molar-refractivity contribution in [2.75, 3.05) is 13.2 Å². The number of hydrogen-bond donors (Lipinski definition) is 3. The molecule has 98 valence electrons. The Balaban J connectivity index is 2.61. The Morgan fingerprint density at radius 2 is 2.24 bits per heavy atom. The van der Waals surface area contributed by atoms with Gasteiger partial charge in [0, 0.05) is 13.0 Å². The fourth-order valence-corrected chi connectivity index (χ4v) is 1.77. The summed E-state index contributed by atoms with van der Waals surface area (Å²) in [7, 11) is 0. The molecule has 0 aliphatic carbocycles. The maximum absolute atomic E-state index is 11.7. The topological polar surface area (TPSA) is 97.4 Å². The molecule has 0 saturated carbocycles. The lowest BCUT2D eigenvalue weighted by molar-refractivity contribution is 0.0445. The van der Waals surface area contributed by atoms with E-state index in [0.717, 1.165) is 0 Å². The van der Waals surface area contributed by atoms with Crippen LogP contribution >= 0.6 is 0 Å². The van der Waals surface area contributed by atoms with Crippen molar-refractivity contribution in [3.8, 4) is 0 Å². The molecule has 0 aromatic rings. The van der Waals surface area contributed by atoms with Crippen LogP contribution in [0.2, 0.25) is 0 Å². The first-order valence-electron chi connectivity index (χ1n) is 5.64. The molecule has 1 unspecified atom stereocenters. The Morgan fingerprint density at radius 1 is 1.59 bits per heavy atom. The van der Waals surface area contributed by atoms with Crippen molar-refractivity contribution in [1.82, 2.24) is 5.32 Å². The Morgan fingerprint density at radius 3 is 2.65 bits per heavy atom. The van der Waals surface area contributed by atoms with Crippen LogP contribution in [0.25, 0.3) is 0 Å². The second-order valence-corrected chi connectivity index (χ2v) is 5.41. The van der Waals surface area contributed by atoms with Gasteiger partial charge in [-0.05, 0) is 27.2 Å². The monoisotopic (exact) mass is 243 g/mol. The van der Waals surface area contributed by atoms with E-state index in [2.05, 4.69) is 5.32 Å². The third kappa shape index (κ3) is 4.60. The number of alkyl carbamates (subject to hydrolysis) is 1. The second-order valence-electron chi connectivity index (χ2n) is 5.41. The van der Waals surface area contributed by atoms with Crippen LogP contribution in [0.5, 0.6) is 0 Å². The highest BCUT2D eigenvalue weighted by Gasteiger charge is 2.38. The molecule has 6 nitrogen and oxygen atoms in total. The summed E-state index contributed by atoms with van der Waals surface area (Å²) < 4.78 is 10.5. The highest BCUT2D eigenvalue weighted by Crippen LogP contribution is 2.23. The minimum Gasteiger partial charge on any atom is -0.444 e. The first kappa shape index (κ1) is 13.8. The van der Waals surface area contributed by atoms with Gasteiger partial charge in [-0.25, -0.2) is 4.79 Å². The molecule has 1 heterocycles. The van der Waals surface area contributed by atoms with Gasteiger partial charge < -0.3 is 20.5 Å². The largest absolute Gasteiger partial charge is 0.444 e. The van der Waals surface area contributed by atoms with E-state index in [0.29, 0.717) is 19.6 Å². The number of amides is 1. The molecule has 0 bridgehead atoms. The average molecular weight is 243 g/mol. The minimum absolute atomic E-state index is 0.0339. The molecular weight excluding hydrogens is 222 g/mol. The summed E-state index contributed by atoms with van der Waals surface area (Å²) in [4.78, 5) is 11.7. The summed E-state index contributed by atoms with van der Waals surface area (Å²) in [6, 6.07) is 0. The maximum Gasteiger partial charge on any atom is 0.408 e. The van der Waals surface area contributed by atoms with Crippen LogP contribution in [0.15, 0.2) is 0 Å². The van der Waals surface area contributed by atoms with Gasteiger partial charge in [0.15, 0.2) is 0 Å². The Hall–Kier alpha value is -1.30. The molecule has 6 heteroatoms. The summed E-state index contributed by atoms with van der Waals surface area (Å²) in [5.74, 6) is 0.0339. The van der Waals surface area contributed by atoms with Crippen LogP contribution in [-0.2, 0) is 9.47 Å². The number of carbonyl (C=O) groups is 1. The summed E-state index contributed by atoms with van der Waals surface area (Å²) >= 11 is 0. The third-order valence-corrected chi connectivity index (χ3v) is 2.40. The fraction of sp³-hybridized carbons (Fsp3) is 0.818. The van der Waals surface area contributed by atoms with Crippen LogP contribution in [0.1, 0.15) is 33.6 Å². The van der Waals surface area contributed by atoms with Crippen LogP contribution in [0.3, 0.4) is 0 Å². The first-order chi connectivity index (χ1) is 7.72. The lowest BCUT2D eigenvalue weighted by Crippen LogP contribution is -2.52. The maximum atomic E-state index is 11.7.